The van der Waals surface area contributed by atoms with Gasteiger partial charge in [-0.3, -0.25) is 0 Å². The van der Waals surface area contributed by atoms with Gasteiger partial charge < -0.3 is 5.32 Å². The molecule has 19 heavy (non-hydrogen) atoms. The van der Waals surface area contributed by atoms with E-state index in [-0.39, 0.29) is 0 Å². The van der Waals surface area contributed by atoms with E-state index in [1.165, 1.54) is 9.75 Å². The fourth-order valence-electron chi connectivity index (χ4n) is 1.95. The van der Waals surface area contributed by atoms with E-state index < -0.39 is 0 Å². The lowest BCUT2D eigenvalue weighted by atomic mass is 10.2. The first-order valence-corrected chi connectivity index (χ1v) is 7.52. The Morgan fingerprint density at radius 3 is 2.63 bits per heavy atom. The number of hydrogen-bond donors (Lipinski definition) is 1. The van der Waals surface area contributed by atoms with Gasteiger partial charge in [-0.2, -0.15) is 5.10 Å². The van der Waals surface area contributed by atoms with Crippen molar-refractivity contribution in [2.24, 2.45) is 5.92 Å². The number of rotatable bonds is 6. The first kappa shape index (κ1) is 14.2. The second-order valence-corrected chi connectivity index (χ2v) is 6.51. The van der Waals surface area contributed by atoms with Gasteiger partial charge in [-0.25, -0.2) is 9.67 Å². The third-order valence-corrected chi connectivity index (χ3v) is 3.91. The highest BCUT2D eigenvalue weighted by Crippen LogP contribution is 2.17. The molecule has 0 aliphatic rings. The monoisotopic (exact) mass is 278 g/mol. The molecule has 0 atom stereocenters. The lowest BCUT2D eigenvalue weighted by Crippen LogP contribution is -2.18. The maximum absolute atomic E-state index is 4.40. The number of thiophene rings is 1. The summed E-state index contributed by atoms with van der Waals surface area (Å²) >= 11 is 1.85. The Morgan fingerprint density at radius 2 is 2.00 bits per heavy atom. The molecule has 2 aromatic rings. The van der Waals surface area contributed by atoms with E-state index in [1.54, 1.807) is 0 Å². The van der Waals surface area contributed by atoms with Gasteiger partial charge in [0.05, 0.1) is 6.54 Å². The molecule has 0 amide bonds. The zero-order valence-electron chi connectivity index (χ0n) is 12.1. The van der Waals surface area contributed by atoms with E-state index in [0.717, 1.165) is 31.3 Å². The van der Waals surface area contributed by atoms with E-state index in [9.17, 15) is 0 Å². The van der Waals surface area contributed by atoms with E-state index >= 15 is 0 Å². The summed E-state index contributed by atoms with van der Waals surface area (Å²) in [5.74, 6) is 2.51. The Balaban J connectivity index is 1.92. The summed E-state index contributed by atoms with van der Waals surface area (Å²) < 4.78 is 1.96. The van der Waals surface area contributed by atoms with Crippen LogP contribution in [-0.4, -0.2) is 21.3 Å². The highest BCUT2D eigenvalue weighted by Gasteiger charge is 2.06. The van der Waals surface area contributed by atoms with Gasteiger partial charge in [0.15, 0.2) is 0 Å². The van der Waals surface area contributed by atoms with Crippen molar-refractivity contribution in [2.75, 3.05) is 6.54 Å². The topological polar surface area (TPSA) is 42.7 Å². The highest BCUT2D eigenvalue weighted by atomic mass is 32.1. The summed E-state index contributed by atoms with van der Waals surface area (Å²) in [6, 6.07) is 4.39. The highest BCUT2D eigenvalue weighted by molar-refractivity contribution is 7.11. The van der Waals surface area contributed by atoms with Crippen LogP contribution in [0.4, 0.5) is 0 Å². The second kappa shape index (κ2) is 6.30. The van der Waals surface area contributed by atoms with Crippen molar-refractivity contribution in [2.45, 2.75) is 40.8 Å². The standard InChI is InChI=1S/C14H22N4S/c1-10(2)7-15-8-13-5-6-14(19-13)9-18-12(4)16-11(3)17-18/h5-6,10,15H,7-9H2,1-4H3. The van der Waals surface area contributed by atoms with Gasteiger partial charge in [-0.15, -0.1) is 11.3 Å². The molecule has 0 radical (unpaired) electrons. The largest absolute Gasteiger partial charge is 0.312 e. The molecule has 1 N–H and O–H groups in total. The van der Waals surface area contributed by atoms with Crippen LogP contribution in [0, 0.1) is 19.8 Å². The molecule has 0 bridgehead atoms. The normalized spacial score (nSPS) is 11.4. The van der Waals surface area contributed by atoms with Crippen LogP contribution in [0.15, 0.2) is 12.1 Å². The average molecular weight is 278 g/mol. The van der Waals surface area contributed by atoms with Crippen molar-refractivity contribution in [3.63, 3.8) is 0 Å². The number of nitrogens with one attached hydrogen (secondary N) is 1. The summed E-state index contributed by atoms with van der Waals surface area (Å²) in [7, 11) is 0. The number of hydrogen-bond acceptors (Lipinski definition) is 4. The molecule has 5 heteroatoms. The molecule has 0 aliphatic heterocycles. The minimum absolute atomic E-state index is 0.695. The Hall–Kier alpha value is -1.20. The van der Waals surface area contributed by atoms with Crippen LogP contribution in [0.2, 0.25) is 0 Å². The third kappa shape index (κ3) is 4.14. The van der Waals surface area contributed by atoms with Crippen LogP contribution in [0.25, 0.3) is 0 Å². The molecule has 0 aromatic carbocycles. The molecular formula is C14H22N4S. The number of aryl methyl sites for hydroxylation is 2. The van der Waals surface area contributed by atoms with Gasteiger partial charge >= 0.3 is 0 Å². The van der Waals surface area contributed by atoms with Crippen LogP contribution >= 0.6 is 11.3 Å². The zero-order valence-corrected chi connectivity index (χ0v) is 12.9. The fourth-order valence-corrected chi connectivity index (χ4v) is 2.92. The molecule has 0 saturated heterocycles. The molecule has 0 spiro atoms. The first-order chi connectivity index (χ1) is 9.04. The smallest absolute Gasteiger partial charge is 0.147 e. The predicted octanol–water partition coefficient (Wildman–Crippen LogP) is 2.75. The van der Waals surface area contributed by atoms with Gasteiger partial charge in [-0.1, -0.05) is 13.8 Å². The van der Waals surface area contributed by atoms with E-state index in [1.807, 2.05) is 29.9 Å². The molecule has 2 aromatic heterocycles. The first-order valence-electron chi connectivity index (χ1n) is 6.71. The summed E-state index contributed by atoms with van der Waals surface area (Å²) in [6.45, 7) is 11.2. The van der Waals surface area contributed by atoms with Crippen LogP contribution in [0.1, 0.15) is 35.3 Å². The Labute approximate surface area is 118 Å². The van der Waals surface area contributed by atoms with Gasteiger partial charge in [-0.05, 0) is 38.4 Å². The molecule has 104 valence electrons. The van der Waals surface area contributed by atoms with Crippen LogP contribution in [-0.2, 0) is 13.1 Å². The molecule has 2 rings (SSSR count). The predicted molar refractivity (Wildman–Crippen MR) is 79.5 cm³/mol. The molecule has 0 saturated carbocycles. The summed E-state index contributed by atoms with van der Waals surface area (Å²) in [5.41, 5.74) is 0. The minimum Gasteiger partial charge on any atom is -0.312 e. The average Bonchev–Trinajstić information content (AvgIpc) is 2.87. The molecule has 0 fully saturated rings. The quantitative estimate of drug-likeness (QED) is 0.883. The summed E-state index contributed by atoms with van der Waals surface area (Å²) in [6.07, 6.45) is 0. The Kier molecular flexibility index (Phi) is 4.71. The minimum atomic E-state index is 0.695. The maximum atomic E-state index is 4.40. The van der Waals surface area contributed by atoms with Crippen LogP contribution < -0.4 is 5.32 Å². The molecule has 0 unspecified atom stereocenters. The Bertz CT molecular complexity index is 527. The molecule has 0 aliphatic carbocycles. The lowest BCUT2D eigenvalue weighted by molar-refractivity contribution is 0.555. The van der Waals surface area contributed by atoms with Gasteiger partial charge in [0.1, 0.15) is 11.6 Å². The van der Waals surface area contributed by atoms with Crippen molar-refractivity contribution < 1.29 is 0 Å². The van der Waals surface area contributed by atoms with Crippen LogP contribution in [0.3, 0.4) is 0 Å². The molecule has 4 nitrogen and oxygen atoms in total. The second-order valence-electron chi connectivity index (χ2n) is 5.26. The van der Waals surface area contributed by atoms with Gasteiger partial charge in [0.2, 0.25) is 0 Å². The van der Waals surface area contributed by atoms with Crippen molar-refractivity contribution in [3.05, 3.63) is 33.5 Å². The summed E-state index contributed by atoms with van der Waals surface area (Å²) in [5, 5.41) is 7.87. The van der Waals surface area contributed by atoms with Gasteiger partial charge in [0.25, 0.3) is 0 Å². The van der Waals surface area contributed by atoms with Crippen molar-refractivity contribution in [1.82, 2.24) is 20.1 Å². The lowest BCUT2D eigenvalue weighted by Gasteiger charge is -2.05. The van der Waals surface area contributed by atoms with Gasteiger partial charge in [0, 0.05) is 16.3 Å². The fraction of sp³-hybridized carbons (Fsp3) is 0.571. The number of nitrogens with zero attached hydrogens (tertiary/aromatic N) is 3. The van der Waals surface area contributed by atoms with Crippen molar-refractivity contribution in [3.8, 4) is 0 Å². The van der Waals surface area contributed by atoms with Crippen molar-refractivity contribution >= 4 is 11.3 Å². The SMILES string of the molecule is Cc1nc(C)n(Cc2ccc(CNCC(C)C)s2)n1. The Morgan fingerprint density at radius 1 is 1.26 bits per heavy atom. The van der Waals surface area contributed by atoms with E-state index in [0.29, 0.717) is 5.92 Å². The van der Waals surface area contributed by atoms with E-state index in [4.69, 9.17) is 0 Å². The third-order valence-electron chi connectivity index (χ3n) is 2.84. The van der Waals surface area contributed by atoms with E-state index in [2.05, 4.69) is 41.4 Å². The molecule has 2 heterocycles. The number of aromatic nitrogens is 3. The van der Waals surface area contributed by atoms with Crippen molar-refractivity contribution in [1.29, 1.82) is 0 Å². The molecular weight excluding hydrogens is 256 g/mol. The maximum Gasteiger partial charge on any atom is 0.147 e. The van der Waals surface area contributed by atoms with Crippen LogP contribution in [0.5, 0.6) is 0 Å². The summed E-state index contributed by atoms with van der Waals surface area (Å²) in [4.78, 5) is 7.04. The zero-order chi connectivity index (χ0) is 13.8.